The summed E-state index contributed by atoms with van der Waals surface area (Å²) in [6, 6.07) is 1.12. The Kier molecular flexibility index (Phi) is 2.75. The van der Waals surface area contributed by atoms with Crippen LogP contribution in [-0.2, 0) is 22.6 Å². The molecule has 8 nitrogen and oxygen atoms in total. The second-order valence-electron chi connectivity index (χ2n) is 5.01. The van der Waals surface area contributed by atoms with E-state index in [1.807, 2.05) is 0 Å². The third kappa shape index (κ3) is 1.87. The Bertz CT molecular complexity index is 725. The van der Waals surface area contributed by atoms with Crippen LogP contribution >= 0.6 is 0 Å². The highest BCUT2D eigenvalue weighted by molar-refractivity contribution is 6.52. The average Bonchev–Trinajstić information content (AvgIpc) is 2.73. The van der Waals surface area contributed by atoms with Crippen LogP contribution in [-0.4, -0.2) is 34.0 Å². The second kappa shape index (κ2) is 4.37. The third-order valence-electron chi connectivity index (χ3n) is 3.84. The van der Waals surface area contributed by atoms with Gasteiger partial charge in [0.15, 0.2) is 0 Å². The molecule has 21 heavy (non-hydrogen) atoms. The van der Waals surface area contributed by atoms with E-state index in [0.717, 1.165) is 6.07 Å². The predicted octanol–water partition coefficient (Wildman–Crippen LogP) is 0.634. The Hall–Kier alpha value is -2.77. The van der Waals surface area contributed by atoms with E-state index in [4.69, 9.17) is 0 Å². The fraction of sp³-hybridized carbons (Fsp3) is 0.308. The van der Waals surface area contributed by atoms with Gasteiger partial charge in [-0.25, -0.2) is 0 Å². The van der Waals surface area contributed by atoms with Crippen LogP contribution in [0.25, 0.3) is 0 Å². The van der Waals surface area contributed by atoms with E-state index in [1.54, 1.807) is 0 Å². The second-order valence-corrected chi connectivity index (χ2v) is 5.01. The van der Waals surface area contributed by atoms with Crippen LogP contribution in [0.5, 0.6) is 0 Å². The summed E-state index contributed by atoms with van der Waals surface area (Å²) in [5.41, 5.74) is 1.14. The summed E-state index contributed by atoms with van der Waals surface area (Å²) >= 11 is 0. The molecule has 3 rings (SSSR count). The van der Waals surface area contributed by atoms with Crippen molar-refractivity contribution >= 4 is 29.0 Å². The summed E-state index contributed by atoms with van der Waals surface area (Å²) in [6.45, 7) is 1.91. The van der Waals surface area contributed by atoms with Crippen LogP contribution in [0, 0.1) is 10.1 Å². The van der Waals surface area contributed by atoms with Gasteiger partial charge in [-0.3, -0.25) is 24.5 Å². The van der Waals surface area contributed by atoms with Crippen molar-refractivity contribution in [1.29, 1.82) is 0 Å². The van der Waals surface area contributed by atoms with Crippen LogP contribution in [0.2, 0.25) is 0 Å². The van der Waals surface area contributed by atoms with Crippen molar-refractivity contribution < 1.29 is 19.3 Å². The molecule has 0 aromatic heterocycles. The number of carbonyl (C=O) groups is 3. The highest BCUT2D eigenvalue weighted by Gasteiger charge is 2.37. The van der Waals surface area contributed by atoms with E-state index in [9.17, 15) is 24.5 Å². The van der Waals surface area contributed by atoms with Crippen LogP contribution in [0.4, 0.5) is 11.4 Å². The van der Waals surface area contributed by atoms with Gasteiger partial charge in [0.25, 0.3) is 17.4 Å². The number of Topliss-reactive ketones (excluding diaryl/α,β-unsaturated/α-hetero) is 1. The fourth-order valence-corrected chi connectivity index (χ4v) is 2.78. The Morgan fingerprint density at radius 1 is 1.38 bits per heavy atom. The quantitative estimate of drug-likeness (QED) is 0.463. The van der Waals surface area contributed by atoms with E-state index < -0.39 is 16.6 Å². The maximum absolute atomic E-state index is 11.7. The highest BCUT2D eigenvalue weighted by Crippen LogP contribution is 2.39. The largest absolute Gasteiger partial charge is 0.338 e. The molecule has 2 aliphatic heterocycles. The van der Waals surface area contributed by atoms with Crippen molar-refractivity contribution in [2.75, 3.05) is 11.9 Å². The molecule has 0 atom stereocenters. The molecule has 1 aromatic carbocycles. The minimum atomic E-state index is -0.776. The number of fused-ring (bicyclic) bond motifs is 3. The number of anilines is 1. The standard InChI is InChI=1S/C13H11N3O5/c1-6(17)15-3-2-7-9(5-15)10(16(20)21)4-8-11(7)14-13(19)12(8)18/h4H,2-3,5H2,1H3,(H,14,18,19). The molecule has 0 spiro atoms. The number of hydrogen-bond donors (Lipinski definition) is 1. The molecule has 0 aliphatic carbocycles. The molecule has 0 radical (unpaired) electrons. The molecule has 2 amide bonds. The van der Waals surface area contributed by atoms with Crippen LogP contribution < -0.4 is 5.32 Å². The van der Waals surface area contributed by atoms with Crippen molar-refractivity contribution in [3.05, 3.63) is 32.9 Å². The molecule has 1 aromatic rings. The number of hydrogen-bond acceptors (Lipinski definition) is 5. The lowest BCUT2D eigenvalue weighted by atomic mass is 9.93. The van der Waals surface area contributed by atoms with Crippen molar-refractivity contribution in [2.45, 2.75) is 19.9 Å². The van der Waals surface area contributed by atoms with Gasteiger partial charge >= 0.3 is 0 Å². The van der Waals surface area contributed by atoms with Gasteiger partial charge in [0.2, 0.25) is 5.91 Å². The third-order valence-corrected chi connectivity index (χ3v) is 3.84. The Labute approximate surface area is 118 Å². The lowest BCUT2D eigenvalue weighted by molar-refractivity contribution is -0.385. The molecule has 2 heterocycles. The number of benzene rings is 1. The minimum absolute atomic E-state index is 0.0433. The summed E-state index contributed by atoms with van der Waals surface area (Å²) in [5.74, 6) is -1.71. The van der Waals surface area contributed by atoms with Gasteiger partial charge in [-0.15, -0.1) is 0 Å². The van der Waals surface area contributed by atoms with Gasteiger partial charge in [-0.2, -0.15) is 0 Å². The number of nitrogens with one attached hydrogen (secondary N) is 1. The van der Waals surface area contributed by atoms with Gasteiger partial charge in [0.05, 0.1) is 28.3 Å². The van der Waals surface area contributed by atoms with Gasteiger partial charge in [0.1, 0.15) is 0 Å². The lowest BCUT2D eigenvalue weighted by Crippen LogP contribution is -2.35. The molecule has 0 saturated carbocycles. The SMILES string of the molecule is CC(=O)N1CCc2c(c([N+](=O)[O-])cc3c2NC(=O)C3=O)C1. The number of carbonyl (C=O) groups excluding carboxylic acids is 3. The summed E-state index contributed by atoms with van der Waals surface area (Å²) in [4.78, 5) is 46.8. The first-order valence-corrected chi connectivity index (χ1v) is 6.34. The highest BCUT2D eigenvalue weighted by atomic mass is 16.6. The average molecular weight is 289 g/mol. The Morgan fingerprint density at radius 3 is 2.71 bits per heavy atom. The van der Waals surface area contributed by atoms with E-state index in [1.165, 1.54) is 11.8 Å². The maximum Gasteiger partial charge on any atom is 0.296 e. The zero-order valence-corrected chi connectivity index (χ0v) is 11.1. The number of amides is 2. The van der Waals surface area contributed by atoms with E-state index >= 15 is 0 Å². The number of ketones is 1. The van der Waals surface area contributed by atoms with Crippen molar-refractivity contribution in [3.8, 4) is 0 Å². The Morgan fingerprint density at radius 2 is 2.10 bits per heavy atom. The van der Waals surface area contributed by atoms with Gasteiger partial charge in [-0.1, -0.05) is 0 Å². The molecule has 1 N–H and O–H groups in total. The van der Waals surface area contributed by atoms with Crippen LogP contribution in [0.1, 0.15) is 28.4 Å². The predicted molar refractivity (Wildman–Crippen MR) is 70.9 cm³/mol. The molecule has 8 heteroatoms. The molecule has 108 valence electrons. The molecule has 0 saturated heterocycles. The number of nitro groups is 1. The summed E-state index contributed by atoms with van der Waals surface area (Å²) in [7, 11) is 0. The molecule has 0 fully saturated rings. The monoisotopic (exact) mass is 289 g/mol. The topological polar surface area (TPSA) is 110 Å². The summed E-state index contributed by atoms with van der Waals surface area (Å²) in [5, 5.41) is 13.7. The molecule has 2 aliphatic rings. The lowest BCUT2D eigenvalue weighted by Gasteiger charge is -2.28. The van der Waals surface area contributed by atoms with Gasteiger partial charge in [0, 0.05) is 19.5 Å². The minimum Gasteiger partial charge on any atom is -0.338 e. The van der Waals surface area contributed by atoms with Gasteiger partial charge in [-0.05, 0) is 12.0 Å². The van der Waals surface area contributed by atoms with Gasteiger partial charge < -0.3 is 10.2 Å². The van der Waals surface area contributed by atoms with Crippen molar-refractivity contribution in [1.82, 2.24) is 4.90 Å². The fourth-order valence-electron chi connectivity index (χ4n) is 2.78. The summed E-state index contributed by atoms with van der Waals surface area (Å²) < 4.78 is 0. The normalized spacial score (nSPS) is 16.3. The van der Waals surface area contributed by atoms with E-state index in [-0.39, 0.29) is 23.7 Å². The van der Waals surface area contributed by atoms with E-state index in [0.29, 0.717) is 29.8 Å². The van der Waals surface area contributed by atoms with Crippen LogP contribution in [0.15, 0.2) is 6.07 Å². The summed E-state index contributed by atoms with van der Waals surface area (Å²) in [6.07, 6.45) is 0.368. The molecular weight excluding hydrogens is 278 g/mol. The first kappa shape index (κ1) is 13.2. The van der Waals surface area contributed by atoms with Crippen molar-refractivity contribution in [3.63, 3.8) is 0 Å². The molecular formula is C13H11N3O5. The number of rotatable bonds is 1. The Balaban J connectivity index is 2.21. The first-order chi connectivity index (χ1) is 9.90. The van der Waals surface area contributed by atoms with Crippen molar-refractivity contribution in [2.24, 2.45) is 0 Å². The van der Waals surface area contributed by atoms with Crippen LogP contribution in [0.3, 0.4) is 0 Å². The zero-order chi connectivity index (χ0) is 15.3. The number of nitrogens with zero attached hydrogens (tertiary/aromatic N) is 2. The smallest absolute Gasteiger partial charge is 0.296 e. The molecule has 0 unspecified atom stereocenters. The first-order valence-electron chi connectivity index (χ1n) is 6.34. The molecule has 0 bridgehead atoms. The maximum atomic E-state index is 11.7. The van der Waals surface area contributed by atoms with E-state index in [2.05, 4.69) is 5.32 Å². The zero-order valence-electron chi connectivity index (χ0n) is 11.1. The number of nitro benzene ring substituents is 1.